The Morgan fingerprint density at radius 2 is 2.00 bits per heavy atom. The summed E-state index contributed by atoms with van der Waals surface area (Å²) in [5.41, 5.74) is 6.75. The number of nitrogen functional groups attached to an aromatic ring is 1. The van der Waals surface area contributed by atoms with Crippen molar-refractivity contribution in [2.24, 2.45) is 0 Å². The third kappa shape index (κ3) is 3.17. The summed E-state index contributed by atoms with van der Waals surface area (Å²) in [6.45, 7) is 0.327. The van der Waals surface area contributed by atoms with Crippen LogP contribution in [0.5, 0.6) is 5.75 Å². The van der Waals surface area contributed by atoms with Crippen molar-refractivity contribution in [1.29, 1.82) is 0 Å². The van der Waals surface area contributed by atoms with Gasteiger partial charge in [-0.1, -0.05) is 29.8 Å². The lowest BCUT2D eigenvalue weighted by Crippen LogP contribution is -2.23. The molecule has 98 valence electrons. The number of halogens is 1. The van der Waals surface area contributed by atoms with Crippen LogP contribution in [-0.2, 0) is 6.54 Å². The second-order valence-corrected chi connectivity index (χ2v) is 4.49. The fraction of sp³-hybridized carbons (Fsp3) is 0.0714. The fourth-order valence-electron chi connectivity index (χ4n) is 1.67. The van der Waals surface area contributed by atoms with Gasteiger partial charge in [0.1, 0.15) is 0 Å². The van der Waals surface area contributed by atoms with Crippen LogP contribution in [0.1, 0.15) is 15.9 Å². The number of benzene rings is 2. The number of hydrogen-bond donors (Lipinski definition) is 3. The van der Waals surface area contributed by atoms with Crippen molar-refractivity contribution in [1.82, 2.24) is 5.32 Å². The first-order chi connectivity index (χ1) is 9.08. The molecule has 0 aliphatic heterocycles. The molecule has 2 rings (SSSR count). The molecule has 0 unspecified atom stereocenters. The number of anilines is 1. The third-order valence-corrected chi connectivity index (χ3v) is 2.89. The average Bonchev–Trinajstić information content (AvgIpc) is 2.39. The summed E-state index contributed by atoms with van der Waals surface area (Å²) in [5, 5.41) is 13.0. The van der Waals surface area contributed by atoms with E-state index < -0.39 is 0 Å². The number of rotatable bonds is 3. The minimum Gasteiger partial charge on any atom is -0.505 e. The van der Waals surface area contributed by atoms with E-state index in [9.17, 15) is 9.90 Å². The number of aromatic hydroxyl groups is 1. The standard InChI is InChI=1S/C14H13ClN2O2/c15-10-4-1-3-9(7-10)8-17-14(19)11-5-2-6-12(16)13(11)18/h1-7,18H,8,16H2,(H,17,19). The van der Waals surface area contributed by atoms with E-state index in [-0.39, 0.29) is 22.9 Å². The zero-order valence-electron chi connectivity index (χ0n) is 10.1. The van der Waals surface area contributed by atoms with Crippen LogP contribution in [-0.4, -0.2) is 11.0 Å². The zero-order valence-corrected chi connectivity index (χ0v) is 10.8. The van der Waals surface area contributed by atoms with E-state index in [4.69, 9.17) is 17.3 Å². The molecule has 0 aromatic heterocycles. The minimum absolute atomic E-state index is 0.155. The molecule has 19 heavy (non-hydrogen) atoms. The van der Waals surface area contributed by atoms with Crippen molar-refractivity contribution in [2.45, 2.75) is 6.54 Å². The zero-order chi connectivity index (χ0) is 13.8. The number of phenolic OH excluding ortho intramolecular Hbond substituents is 1. The largest absolute Gasteiger partial charge is 0.505 e. The molecule has 0 spiro atoms. The van der Waals surface area contributed by atoms with Crippen LogP contribution in [0, 0.1) is 0 Å². The third-order valence-electron chi connectivity index (χ3n) is 2.65. The molecule has 0 heterocycles. The fourth-order valence-corrected chi connectivity index (χ4v) is 1.88. The van der Waals surface area contributed by atoms with E-state index in [1.165, 1.54) is 12.1 Å². The van der Waals surface area contributed by atoms with Gasteiger partial charge in [0.25, 0.3) is 5.91 Å². The number of carbonyl (C=O) groups excluding carboxylic acids is 1. The first kappa shape index (κ1) is 13.2. The molecule has 4 N–H and O–H groups in total. The number of nitrogens with one attached hydrogen (secondary N) is 1. The van der Waals surface area contributed by atoms with Gasteiger partial charge in [0.15, 0.2) is 5.75 Å². The number of phenols is 1. The molecule has 1 amide bonds. The second kappa shape index (κ2) is 5.63. The van der Waals surface area contributed by atoms with Gasteiger partial charge >= 0.3 is 0 Å². The summed E-state index contributed by atoms with van der Waals surface area (Å²) in [6, 6.07) is 11.8. The molecule has 5 heteroatoms. The van der Waals surface area contributed by atoms with E-state index >= 15 is 0 Å². The Morgan fingerprint density at radius 1 is 1.26 bits per heavy atom. The molecule has 0 saturated carbocycles. The number of carbonyl (C=O) groups is 1. The maximum Gasteiger partial charge on any atom is 0.255 e. The summed E-state index contributed by atoms with van der Waals surface area (Å²) < 4.78 is 0. The predicted molar refractivity (Wildman–Crippen MR) is 75.1 cm³/mol. The molecule has 2 aromatic carbocycles. The molecule has 0 aliphatic rings. The highest BCUT2D eigenvalue weighted by molar-refractivity contribution is 6.30. The van der Waals surface area contributed by atoms with Crippen LogP contribution in [0.3, 0.4) is 0 Å². The van der Waals surface area contributed by atoms with E-state index in [0.29, 0.717) is 11.6 Å². The minimum atomic E-state index is -0.384. The number of para-hydroxylation sites is 1. The molecular weight excluding hydrogens is 264 g/mol. The normalized spacial score (nSPS) is 10.2. The first-order valence-corrected chi connectivity index (χ1v) is 6.06. The summed E-state index contributed by atoms with van der Waals surface area (Å²) in [6.07, 6.45) is 0. The van der Waals surface area contributed by atoms with Crippen molar-refractivity contribution in [3.8, 4) is 5.75 Å². The summed E-state index contributed by atoms with van der Waals surface area (Å²) in [4.78, 5) is 11.9. The van der Waals surface area contributed by atoms with Crippen molar-refractivity contribution >= 4 is 23.2 Å². The van der Waals surface area contributed by atoms with Gasteiger partial charge in [0, 0.05) is 11.6 Å². The number of hydrogen-bond acceptors (Lipinski definition) is 3. The van der Waals surface area contributed by atoms with Gasteiger partial charge in [-0.25, -0.2) is 0 Å². The number of amides is 1. The van der Waals surface area contributed by atoms with E-state index in [2.05, 4.69) is 5.32 Å². The molecule has 0 aliphatic carbocycles. The Morgan fingerprint density at radius 3 is 2.74 bits per heavy atom. The molecular formula is C14H13ClN2O2. The quantitative estimate of drug-likeness (QED) is 0.596. The van der Waals surface area contributed by atoms with Gasteiger partial charge in [0.2, 0.25) is 0 Å². The highest BCUT2D eigenvalue weighted by Crippen LogP contribution is 2.24. The van der Waals surface area contributed by atoms with Gasteiger partial charge in [0.05, 0.1) is 11.3 Å². The molecule has 0 bridgehead atoms. The number of nitrogens with two attached hydrogens (primary N) is 1. The lowest BCUT2D eigenvalue weighted by molar-refractivity contribution is 0.0948. The first-order valence-electron chi connectivity index (χ1n) is 5.68. The van der Waals surface area contributed by atoms with E-state index in [1.54, 1.807) is 18.2 Å². The van der Waals surface area contributed by atoms with Gasteiger partial charge in [-0.2, -0.15) is 0 Å². The topological polar surface area (TPSA) is 75.4 Å². The van der Waals surface area contributed by atoms with Crippen LogP contribution >= 0.6 is 11.6 Å². The lowest BCUT2D eigenvalue weighted by Gasteiger charge is -2.08. The predicted octanol–water partition coefficient (Wildman–Crippen LogP) is 2.56. The van der Waals surface area contributed by atoms with Crippen LogP contribution < -0.4 is 11.1 Å². The van der Waals surface area contributed by atoms with Crippen LogP contribution in [0.15, 0.2) is 42.5 Å². The average molecular weight is 277 g/mol. The maximum absolute atomic E-state index is 11.9. The smallest absolute Gasteiger partial charge is 0.255 e. The van der Waals surface area contributed by atoms with Gasteiger partial charge < -0.3 is 16.2 Å². The molecule has 0 saturated heterocycles. The van der Waals surface area contributed by atoms with Gasteiger partial charge in [-0.05, 0) is 29.8 Å². The Bertz CT molecular complexity index is 614. The highest BCUT2D eigenvalue weighted by atomic mass is 35.5. The van der Waals surface area contributed by atoms with Crippen molar-refractivity contribution in [2.75, 3.05) is 5.73 Å². The molecule has 4 nitrogen and oxygen atoms in total. The second-order valence-electron chi connectivity index (χ2n) is 4.06. The Labute approximate surface area is 115 Å². The summed E-state index contributed by atoms with van der Waals surface area (Å²) in [5.74, 6) is -0.587. The maximum atomic E-state index is 11.9. The van der Waals surface area contributed by atoms with Crippen molar-refractivity contribution in [3.05, 3.63) is 58.6 Å². The van der Waals surface area contributed by atoms with Crippen LogP contribution in [0.25, 0.3) is 0 Å². The van der Waals surface area contributed by atoms with Gasteiger partial charge in [-0.15, -0.1) is 0 Å². The van der Waals surface area contributed by atoms with E-state index in [1.807, 2.05) is 12.1 Å². The van der Waals surface area contributed by atoms with Crippen LogP contribution in [0.4, 0.5) is 5.69 Å². The Kier molecular flexibility index (Phi) is 3.92. The van der Waals surface area contributed by atoms with Crippen molar-refractivity contribution < 1.29 is 9.90 Å². The molecule has 2 aromatic rings. The highest BCUT2D eigenvalue weighted by Gasteiger charge is 2.12. The van der Waals surface area contributed by atoms with Gasteiger partial charge in [-0.3, -0.25) is 4.79 Å². The summed E-state index contributed by atoms with van der Waals surface area (Å²) >= 11 is 5.85. The van der Waals surface area contributed by atoms with Crippen molar-refractivity contribution in [3.63, 3.8) is 0 Å². The van der Waals surface area contributed by atoms with E-state index in [0.717, 1.165) is 5.56 Å². The molecule has 0 atom stereocenters. The monoisotopic (exact) mass is 276 g/mol. The van der Waals surface area contributed by atoms with Crippen LogP contribution in [0.2, 0.25) is 5.02 Å². The lowest BCUT2D eigenvalue weighted by atomic mass is 10.1. The molecule has 0 fully saturated rings. The SMILES string of the molecule is Nc1cccc(C(=O)NCc2cccc(Cl)c2)c1O. The summed E-state index contributed by atoms with van der Waals surface area (Å²) in [7, 11) is 0. The Hall–Kier alpha value is -2.20. The molecule has 0 radical (unpaired) electrons. The Balaban J connectivity index is 2.08.